The van der Waals surface area contributed by atoms with Crippen LogP contribution in [0.15, 0.2) is 24.3 Å². The minimum Gasteiger partial charge on any atom is -0.479 e. The Hall–Kier alpha value is -1.55. The number of anilines is 1. The van der Waals surface area contributed by atoms with Crippen molar-refractivity contribution >= 4 is 11.7 Å². The van der Waals surface area contributed by atoms with Crippen molar-refractivity contribution in [3.05, 3.63) is 29.8 Å². The number of rotatable bonds is 2. The fourth-order valence-corrected chi connectivity index (χ4v) is 2.02. The van der Waals surface area contributed by atoms with E-state index in [2.05, 4.69) is 5.32 Å². The molecule has 2 N–H and O–H groups in total. The van der Waals surface area contributed by atoms with Gasteiger partial charge in [0, 0.05) is 31.3 Å². The molecule has 0 aromatic heterocycles. The summed E-state index contributed by atoms with van der Waals surface area (Å²) < 4.78 is 5.23. The average molecular weight is 207 g/mol. The molecule has 1 heterocycles. The van der Waals surface area contributed by atoms with Crippen LogP contribution < -0.4 is 5.32 Å². The summed E-state index contributed by atoms with van der Waals surface area (Å²) in [5.41, 5.74) is 0.348. The third-order valence-electron chi connectivity index (χ3n) is 2.85. The minimum atomic E-state index is -1.19. The Balaban J connectivity index is 2.57. The highest BCUT2D eigenvalue weighted by Gasteiger charge is 2.43. The normalized spacial score (nSPS) is 24.1. The lowest BCUT2D eigenvalue weighted by molar-refractivity contribution is -0.164. The molecule has 0 bridgehead atoms. The molecule has 0 aliphatic carbocycles. The van der Waals surface area contributed by atoms with Gasteiger partial charge in [0.15, 0.2) is 5.60 Å². The highest BCUT2D eigenvalue weighted by Crippen LogP contribution is 2.37. The summed E-state index contributed by atoms with van der Waals surface area (Å²) in [7, 11) is 1.44. The van der Waals surface area contributed by atoms with Gasteiger partial charge in [-0.05, 0) is 6.07 Å². The lowest BCUT2D eigenvalue weighted by Gasteiger charge is -2.34. The Kier molecular flexibility index (Phi) is 2.36. The number of carboxylic acids is 1. The van der Waals surface area contributed by atoms with Gasteiger partial charge in [0.05, 0.1) is 0 Å². The number of hydrogen-bond donors (Lipinski definition) is 2. The van der Waals surface area contributed by atoms with E-state index in [4.69, 9.17) is 4.74 Å². The van der Waals surface area contributed by atoms with Gasteiger partial charge in [0.2, 0.25) is 0 Å². The molecule has 1 atom stereocenters. The molecule has 1 unspecified atom stereocenters. The summed E-state index contributed by atoms with van der Waals surface area (Å²) in [4.78, 5) is 11.3. The number of para-hydroxylation sites is 1. The smallest absolute Gasteiger partial charge is 0.340 e. The Morgan fingerprint density at radius 2 is 2.27 bits per heavy atom. The molecule has 0 amide bonds. The topological polar surface area (TPSA) is 58.6 Å². The summed E-state index contributed by atoms with van der Waals surface area (Å²) in [5.74, 6) is -0.932. The molecule has 0 fully saturated rings. The van der Waals surface area contributed by atoms with E-state index in [9.17, 15) is 9.90 Å². The SMILES string of the molecule is COC1(C(=O)O)CCNc2ccccc21. The highest BCUT2D eigenvalue weighted by molar-refractivity contribution is 5.83. The van der Waals surface area contributed by atoms with Crippen molar-refractivity contribution in [2.24, 2.45) is 0 Å². The number of benzene rings is 1. The molecule has 0 saturated heterocycles. The monoisotopic (exact) mass is 207 g/mol. The van der Waals surface area contributed by atoms with Crippen LogP contribution in [0, 0.1) is 0 Å². The van der Waals surface area contributed by atoms with Gasteiger partial charge in [-0.3, -0.25) is 0 Å². The number of hydrogen-bond acceptors (Lipinski definition) is 3. The predicted molar refractivity (Wildman–Crippen MR) is 55.9 cm³/mol. The standard InChI is InChI=1S/C11H13NO3/c1-15-11(10(13)14)6-7-12-9-5-3-2-4-8(9)11/h2-5,12H,6-7H2,1H3,(H,13,14). The molecule has 1 aliphatic rings. The summed E-state index contributed by atoms with van der Waals surface area (Å²) in [5, 5.41) is 12.4. The summed E-state index contributed by atoms with van der Waals surface area (Å²) in [6.45, 7) is 0.608. The second-order valence-electron chi connectivity index (χ2n) is 3.56. The van der Waals surface area contributed by atoms with Crippen LogP contribution in [-0.2, 0) is 15.1 Å². The molecule has 0 saturated carbocycles. The maximum absolute atomic E-state index is 11.3. The van der Waals surface area contributed by atoms with Gasteiger partial charge in [0.1, 0.15) is 0 Å². The van der Waals surface area contributed by atoms with Crippen molar-refractivity contribution in [2.75, 3.05) is 19.0 Å². The lowest BCUT2D eigenvalue weighted by Crippen LogP contribution is -2.42. The number of carboxylic acid groups (broad SMARTS) is 1. The molecule has 1 aliphatic heterocycles. The minimum absolute atomic E-state index is 0.440. The van der Waals surface area contributed by atoms with Crippen LogP contribution in [0.2, 0.25) is 0 Å². The molecule has 15 heavy (non-hydrogen) atoms. The maximum atomic E-state index is 11.3. The molecule has 80 valence electrons. The average Bonchev–Trinajstić information content (AvgIpc) is 2.28. The van der Waals surface area contributed by atoms with Crippen LogP contribution in [-0.4, -0.2) is 24.7 Å². The van der Waals surface area contributed by atoms with E-state index < -0.39 is 11.6 Å². The fraction of sp³-hybridized carbons (Fsp3) is 0.364. The van der Waals surface area contributed by atoms with Gasteiger partial charge in [-0.15, -0.1) is 0 Å². The first-order valence-corrected chi connectivity index (χ1v) is 4.82. The molecule has 1 aromatic rings. The number of ether oxygens (including phenoxy) is 1. The first-order valence-electron chi connectivity index (χ1n) is 4.82. The largest absolute Gasteiger partial charge is 0.479 e. The van der Waals surface area contributed by atoms with Gasteiger partial charge in [-0.1, -0.05) is 18.2 Å². The van der Waals surface area contributed by atoms with Crippen LogP contribution in [0.5, 0.6) is 0 Å². The Morgan fingerprint density at radius 1 is 1.53 bits per heavy atom. The van der Waals surface area contributed by atoms with Crippen molar-refractivity contribution in [2.45, 2.75) is 12.0 Å². The molecular weight excluding hydrogens is 194 g/mol. The summed E-state index contributed by atoms with van der Waals surface area (Å²) >= 11 is 0. The second kappa shape index (κ2) is 3.55. The predicted octanol–water partition coefficient (Wildman–Crippen LogP) is 1.43. The quantitative estimate of drug-likeness (QED) is 0.770. The molecule has 0 radical (unpaired) electrons. The van der Waals surface area contributed by atoms with E-state index in [0.717, 1.165) is 5.69 Å². The van der Waals surface area contributed by atoms with Crippen LogP contribution in [0.4, 0.5) is 5.69 Å². The van der Waals surface area contributed by atoms with Gasteiger partial charge in [0.25, 0.3) is 0 Å². The lowest BCUT2D eigenvalue weighted by atomic mass is 9.86. The van der Waals surface area contributed by atoms with Crippen molar-refractivity contribution in [3.8, 4) is 0 Å². The van der Waals surface area contributed by atoms with E-state index in [-0.39, 0.29) is 0 Å². The zero-order chi connectivity index (χ0) is 10.9. The Labute approximate surface area is 87.9 Å². The van der Waals surface area contributed by atoms with E-state index in [0.29, 0.717) is 18.5 Å². The molecule has 1 aromatic carbocycles. The first kappa shape index (κ1) is 9.98. The number of nitrogens with one attached hydrogen (secondary N) is 1. The second-order valence-corrected chi connectivity index (χ2v) is 3.56. The Bertz CT molecular complexity index is 391. The maximum Gasteiger partial charge on any atom is 0.340 e. The van der Waals surface area contributed by atoms with Gasteiger partial charge >= 0.3 is 5.97 Å². The zero-order valence-electron chi connectivity index (χ0n) is 8.49. The zero-order valence-corrected chi connectivity index (χ0v) is 8.49. The van der Waals surface area contributed by atoms with Crippen LogP contribution in [0.25, 0.3) is 0 Å². The van der Waals surface area contributed by atoms with E-state index in [1.807, 2.05) is 18.2 Å². The summed E-state index contributed by atoms with van der Waals surface area (Å²) in [6, 6.07) is 7.35. The number of carbonyl (C=O) groups is 1. The number of methoxy groups -OCH3 is 1. The van der Waals surface area contributed by atoms with Gasteiger partial charge in [-0.2, -0.15) is 0 Å². The van der Waals surface area contributed by atoms with Crippen molar-refractivity contribution in [1.29, 1.82) is 0 Å². The first-order chi connectivity index (χ1) is 7.20. The van der Waals surface area contributed by atoms with E-state index in [1.54, 1.807) is 6.07 Å². The summed E-state index contributed by atoms with van der Waals surface area (Å²) in [6.07, 6.45) is 0.440. The van der Waals surface area contributed by atoms with Crippen molar-refractivity contribution in [3.63, 3.8) is 0 Å². The van der Waals surface area contributed by atoms with Crippen LogP contribution >= 0.6 is 0 Å². The molecule has 4 nitrogen and oxygen atoms in total. The van der Waals surface area contributed by atoms with Crippen LogP contribution in [0.3, 0.4) is 0 Å². The molecular formula is C11H13NO3. The van der Waals surface area contributed by atoms with Crippen molar-refractivity contribution in [1.82, 2.24) is 0 Å². The van der Waals surface area contributed by atoms with Gasteiger partial charge in [-0.25, -0.2) is 4.79 Å². The highest BCUT2D eigenvalue weighted by atomic mass is 16.5. The third-order valence-corrected chi connectivity index (χ3v) is 2.85. The van der Waals surface area contributed by atoms with E-state index >= 15 is 0 Å². The molecule has 2 rings (SSSR count). The fourth-order valence-electron chi connectivity index (χ4n) is 2.02. The van der Waals surface area contributed by atoms with Gasteiger partial charge < -0.3 is 15.2 Å². The third kappa shape index (κ3) is 1.37. The van der Waals surface area contributed by atoms with Crippen LogP contribution in [0.1, 0.15) is 12.0 Å². The van der Waals surface area contributed by atoms with Crippen molar-refractivity contribution < 1.29 is 14.6 Å². The molecule has 4 heteroatoms. The van der Waals surface area contributed by atoms with E-state index in [1.165, 1.54) is 7.11 Å². The number of fused-ring (bicyclic) bond motifs is 1. The Morgan fingerprint density at radius 3 is 2.93 bits per heavy atom. The molecule has 0 spiro atoms. The number of aliphatic carboxylic acids is 1.